The summed E-state index contributed by atoms with van der Waals surface area (Å²) in [4.78, 5) is 20.9. The summed E-state index contributed by atoms with van der Waals surface area (Å²) < 4.78 is 7.03. The van der Waals surface area contributed by atoms with E-state index in [1.54, 1.807) is 22.8 Å². The fraction of sp³-hybridized carbons (Fsp3) is 0.533. The van der Waals surface area contributed by atoms with Crippen LogP contribution in [0, 0.1) is 0 Å². The third-order valence-corrected chi connectivity index (χ3v) is 3.85. The predicted molar refractivity (Wildman–Crippen MR) is 86.9 cm³/mol. The Balaban J connectivity index is 1.65. The van der Waals surface area contributed by atoms with Crippen molar-refractivity contribution in [2.45, 2.75) is 0 Å². The Hall–Kier alpha value is -2.19. The van der Waals surface area contributed by atoms with Crippen molar-refractivity contribution in [3.05, 3.63) is 24.0 Å². The molecule has 3 heterocycles. The summed E-state index contributed by atoms with van der Waals surface area (Å²) in [5.41, 5.74) is 1.07. The fourth-order valence-corrected chi connectivity index (χ4v) is 2.57. The lowest BCUT2D eigenvalue weighted by Gasteiger charge is -2.26. The van der Waals surface area contributed by atoms with E-state index in [1.165, 1.54) is 0 Å². The molecule has 124 valence electrons. The van der Waals surface area contributed by atoms with Crippen LogP contribution in [-0.2, 0) is 4.74 Å². The minimum absolute atomic E-state index is 0.162. The van der Waals surface area contributed by atoms with Gasteiger partial charge in [-0.15, -0.1) is 0 Å². The monoisotopic (exact) mass is 318 g/mol. The van der Waals surface area contributed by atoms with Crippen molar-refractivity contribution in [3.8, 4) is 0 Å². The molecule has 3 rings (SSSR count). The van der Waals surface area contributed by atoms with Gasteiger partial charge in [-0.05, 0) is 0 Å². The molecule has 1 fully saturated rings. The summed E-state index contributed by atoms with van der Waals surface area (Å²) in [7, 11) is 3.83. The van der Waals surface area contributed by atoms with Crippen LogP contribution in [0.1, 0.15) is 10.5 Å². The Morgan fingerprint density at radius 1 is 1.39 bits per heavy atom. The molecule has 0 bridgehead atoms. The van der Waals surface area contributed by atoms with Gasteiger partial charge < -0.3 is 15.0 Å². The molecule has 1 N–H and O–H groups in total. The van der Waals surface area contributed by atoms with Crippen LogP contribution in [0.5, 0.6) is 0 Å². The van der Waals surface area contributed by atoms with Crippen molar-refractivity contribution in [1.29, 1.82) is 0 Å². The van der Waals surface area contributed by atoms with E-state index < -0.39 is 0 Å². The SMILES string of the molecule is CN(C)c1cc(C(=O)NCCN2CCOCC2)nc2ccnn12. The van der Waals surface area contributed by atoms with Crippen LogP contribution in [0.2, 0.25) is 0 Å². The topological polar surface area (TPSA) is 75.0 Å². The van der Waals surface area contributed by atoms with E-state index in [0.29, 0.717) is 17.9 Å². The predicted octanol–water partition coefficient (Wildman–Crippen LogP) is -0.143. The van der Waals surface area contributed by atoms with Gasteiger partial charge in [0.15, 0.2) is 5.65 Å². The normalized spacial score (nSPS) is 15.7. The lowest BCUT2D eigenvalue weighted by atomic mass is 10.3. The van der Waals surface area contributed by atoms with E-state index in [4.69, 9.17) is 4.74 Å². The van der Waals surface area contributed by atoms with Crippen LogP contribution in [-0.4, -0.2) is 78.9 Å². The molecule has 0 atom stereocenters. The van der Waals surface area contributed by atoms with Gasteiger partial charge in [0.1, 0.15) is 11.5 Å². The maximum atomic E-state index is 12.4. The molecule has 0 unspecified atom stereocenters. The van der Waals surface area contributed by atoms with Gasteiger partial charge in [0.05, 0.1) is 19.4 Å². The number of nitrogens with one attached hydrogen (secondary N) is 1. The Kier molecular flexibility index (Phi) is 4.73. The molecule has 0 aromatic carbocycles. The Morgan fingerprint density at radius 3 is 2.91 bits per heavy atom. The molecule has 1 amide bonds. The Bertz CT molecular complexity index is 678. The zero-order chi connectivity index (χ0) is 16.2. The molecular formula is C15H22N6O2. The largest absolute Gasteiger partial charge is 0.379 e. The van der Waals surface area contributed by atoms with Crippen LogP contribution in [0.25, 0.3) is 5.65 Å². The second-order valence-corrected chi connectivity index (χ2v) is 5.71. The summed E-state index contributed by atoms with van der Waals surface area (Å²) in [5, 5.41) is 7.16. The first-order chi connectivity index (χ1) is 11.1. The third-order valence-electron chi connectivity index (χ3n) is 3.85. The zero-order valence-corrected chi connectivity index (χ0v) is 13.5. The van der Waals surface area contributed by atoms with E-state index in [2.05, 4.69) is 20.3 Å². The highest BCUT2D eigenvalue weighted by Gasteiger charge is 2.15. The molecule has 1 saturated heterocycles. The number of fused-ring (bicyclic) bond motifs is 1. The minimum Gasteiger partial charge on any atom is -0.379 e. The number of nitrogens with zero attached hydrogens (tertiary/aromatic N) is 5. The van der Waals surface area contributed by atoms with Gasteiger partial charge in [-0.2, -0.15) is 9.61 Å². The van der Waals surface area contributed by atoms with Crippen molar-refractivity contribution in [3.63, 3.8) is 0 Å². The van der Waals surface area contributed by atoms with E-state index in [1.807, 2.05) is 19.0 Å². The van der Waals surface area contributed by atoms with Crippen molar-refractivity contribution in [1.82, 2.24) is 24.8 Å². The Labute approximate surface area is 135 Å². The summed E-state index contributed by atoms with van der Waals surface area (Å²) in [6.07, 6.45) is 1.68. The van der Waals surface area contributed by atoms with Crippen LogP contribution in [0.4, 0.5) is 5.82 Å². The quantitative estimate of drug-likeness (QED) is 0.827. The highest BCUT2D eigenvalue weighted by molar-refractivity contribution is 5.93. The fourth-order valence-electron chi connectivity index (χ4n) is 2.57. The van der Waals surface area contributed by atoms with Crippen LogP contribution in [0.15, 0.2) is 18.3 Å². The smallest absolute Gasteiger partial charge is 0.270 e. The van der Waals surface area contributed by atoms with Crippen molar-refractivity contribution >= 4 is 17.4 Å². The van der Waals surface area contributed by atoms with Crippen molar-refractivity contribution < 1.29 is 9.53 Å². The van der Waals surface area contributed by atoms with Crippen LogP contribution < -0.4 is 10.2 Å². The molecule has 1 aliphatic heterocycles. The van der Waals surface area contributed by atoms with E-state index in [-0.39, 0.29) is 5.91 Å². The number of rotatable bonds is 5. The van der Waals surface area contributed by atoms with Crippen molar-refractivity contribution in [2.75, 3.05) is 58.4 Å². The van der Waals surface area contributed by atoms with Gasteiger partial charge >= 0.3 is 0 Å². The van der Waals surface area contributed by atoms with Crippen LogP contribution in [0.3, 0.4) is 0 Å². The summed E-state index contributed by atoms with van der Waals surface area (Å²) >= 11 is 0. The third kappa shape index (κ3) is 3.59. The van der Waals surface area contributed by atoms with Gasteiger partial charge in [-0.1, -0.05) is 0 Å². The first kappa shape index (κ1) is 15.7. The lowest BCUT2D eigenvalue weighted by molar-refractivity contribution is 0.0383. The van der Waals surface area contributed by atoms with Gasteiger partial charge in [-0.3, -0.25) is 9.69 Å². The number of hydrogen-bond acceptors (Lipinski definition) is 6. The first-order valence-electron chi connectivity index (χ1n) is 7.75. The maximum absolute atomic E-state index is 12.4. The molecule has 2 aromatic heterocycles. The van der Waals surface area contributed by atoms with Gasteiger partial charge in [0, 0.05) is 52.4 Å². The van der Waals surface area contributed by atoms with E-state index >= 15 is 0 Å². The molecule has 0 spiro atoms. The number of amides is 1. The standard InChI is InChI=1S/C15H22N6O2/c1-19(2)14-11-12(18-13-3-4-17-21(13)14)15(22)16-5-6-20-7-9-23-10-8-20/h3-4,11H,5-10H2,1-2H3,(H,16,22). The molecular weight excluding hydrogens is 296 g/mol. The molecule has 0 aliphatic carbocycles. The van der Waals surface area contributed by atoms with E-state index in [9.17, 15) is 4.79 Å². The highest BCUT2D eigenvalue weighted by atomic mass is 16.5. The van der Waals surface area contributed by atoms with Crippen molar-refractivity contribution in [2.24, 2.45) is 0 Å². The number of morpholine rings is 1. The number of anilines is 1. The molecule has 1 aliphatic rings. The average Bonchev–Trinajstić information content (AvgIpc) is 3.03. The second kappa shape index (κ2) is 6.93. The molecule has 0 radical (unpaired) electrons. The van der Waals surface area contributed by atoms with Gasteiger partial charge in [0.2, 0.25) is 0 Å². The zero-order valence-electron chi connectivity index (χ0n) is 13.5. The average molecular weight is 318 g/mol. The van der Waals surface area contributed by atoms with Gasteiger partial charge in [-0.25, -0.2) is 4.98 Å². The molecule has 8 nitrogen and oxygen atoms in total. The van der Waals surface area contributed by atoms with Crippen LogP contribution >= 0.6 is 0 Å². The molecule has 23 heavy (non-hydrogen) atoms. The van der Waals surface area contributed by atoms with E-state index in [0.717, 1.165) is 38.7 Å². The molecule has 2 aromatic rings. The number of carbonyl (C=O) groups excluding carboxylic acids is 1. The summed E-state index contributed by atoms with van der Waals surface area (Å²) in [5.74, 6) is 0.656. The highest BCUT2D eigenvalue weighted by Crippen LogP contribution is 2.14. The Morgan fingerprint density at radius 2 is 2.17 bits per heavy atom. The maximum Gasteiger partial charge on any atom is 0.270 e. The number of ether oxygens (including phenoxy) is 1. The second-order valence-electron chi connectivity index (χ2n) is 5.71. The van der Waals surface area contributed by atoms with Gasteiger partial charge in [0.25, 0.3) is 5.91 Å². The summed E-state index contributed by atoms with van der Waals surface area (Å²) in [6.45, 7) is 4.79. The number of hydrogen-bond donors (Lipinski definition) is 1. The first-order valence-corrected chi connectivity index (χ1v) is 7.75. The minimum atomic E-state index is -0.162. The molecule has 0 saturated carbocycles. The lowest BCUT2D eigenvalue weighted by Crippen LogP contribution is -2.41. The molecule has 8 heteroatoms. The number of carbonyl (C=O) groups is 1. The number of aromatic nitrogens is 3. The summed E-state index contributed by atoms with van der Waals surface area (Å²) in [6, 6.07) is 3.54.